The summed E-state index contributed by atoms with van der Waals surface area (Å²) in [5, 5.41) is 5.08. The van der Waals surface area contributed by atoms with Gasteiger partial charge in [-0.3, -0.25) is 4.79 Å². The lowest BCUT2D eigenvalue weighted by Crippen LogP contribution is -2.47. The van der Waals surface area contributed by atoms with E-state index in [4.69, 9.17) is 0 Å². The van der Waals surface area contributed by atoms with Crippen molar-refractivity contribution in [1.29, 1.82) is 0 Å². The SMILES string of the molecule is CCCNc1ccc(C(=O)NC2(C(F)(F)F)CC2)cn1. The van der Waals surface area contributed by atoms with Crippen LogP contribution in [-0.2, 0) is 0 Å². The fourth-order valence-electron chi connectivity index (χ4n) is 1.78. The molecule has 0 saturated heterocycles. The number of halogens is 3. The van der Waals surface area contributed by atoms with Gasteiger partial charge in [-0.25, -0.2) is 4.98 Å². The summed E-state index contributed by atoms with van der Waals surface area (Å²) < 4.78 is 38.2. The van der Waals surface area contributed by atoms with E-state index in [0.29, 0.717) is 5.82 Å². The van der Waals surface area contributed by atoms with Gasteiger partial charge in [0.2, 0.25) is 0 Å². The van der Waals surface area contributed by atoms with E-state index in [0.717, 1.165) is 13.0 Å². The van der Waals surface area contributed by atoms with Gasteiger partial charge in [-0.15, -0.1) is 0 Å². The molecule has 2 N–H and O–H groups in total. The Labute approximate surface area is 114 Å². The second kappa shape index (κ2) is 5.30. The Kier molecular flexibility index (Phi) is 3.87. The predicted molar refractivity (Wildman–Crippen MR) is 68.5 cm³/mol. The van der Waals surface area contributed by atoms with Gasteiger partial charge in [-0.05, 0) is 31.4 Å². The van der Waals surface area contributed by atoms with Crippen molar-refractivity contribution in [3.8, 4) is 0 Å². The molecule has 0 radical (unpaired) electrons. The first-order chi connectivity index (χ1) is 9.38. The van der Waals surface area contributed by atoms with Crippen LogP contribution in [0.4, 0.5) is 19.0 Å². The zero-order valence-electron chi connectivity index (χ0n) is 11.0. The van der Waals surface area contributed by atoms with E-state index in [-0.39, 0.29) is 18.4 Å². The first-order valence-electron chi connectivity index (χ1n) is 6.47. The molecule has 110 valence electrons. The number of hydrogen-bond donors (Lipinski definition) is 2. The number of carbonyl (C=O) groups excluding carboxylic acids is 1. The first kappa shape index (κ1) is 14.6. The van der Waals surface area contributed by atoms with Gasteiger partial charge in [-0.2, -0.15) is 13.2 Å². The highest BCUT2D eigenvalue weighted by Crippen LogP contribution is 2.49. The smallest absolute Gasteiger partial charge is 0.370 e. The summed E-state index contributed by atoms with van der Waals surface area (Å²) in [6, 6.07) is 3.05. The Morgan fingerprint density at radius 1 is 1.40 bits per heavy atom. The van der Waals surface area contributed by atoms with Gasteiger partial charge in [-0.1, -0.05) is 6.92 Å². The summed E-state index contributed by atoms with van der Waals surface area (Å²) in [6.45, 7) is 2.75. The lowest BCUT2D eigenvalue weighted by Gasteiger charge is -2.20. The van der Waals surface area contributed by atoms with Crippen LogP contribution in [0.1, 0.15) is 36.5 Å². The van der Waals surface area contributed by atoms with Crippen LogP contribution >= 0.6 is 0 Å². The van der Waals surface area contributed by atoms with Gasteiger partial charge in [0.1, 0.15) is 11.4 Å². The summed E-state index contributed by atoms with van der Waals surface area (Å²) in [5.41, 5.74) is -1.91. The maximum atomic E-state index is 12.7. The highest BCUT2D eigenvalue weighted by Gasteiger charge is 2.64. The minimum atomic E-state index is -4.40. The molecular weight excluding hydrogens is 271 g/mol. The Morgan fingerprint density at radius 3 is 2.55 bits per heavy atom. The number of nitrogens with one attached hydrogen (secondary N) is 2. The zero-order valence-corrected chi connectivity index (χ0v) is 11.0. The van der Waals surface area contributed by atoms with E-state index in [1.54, 1.807) is 6.07 Å². The van der Waals surface area contributed by atoms with Crippen LogP contribution in [0.5, 0.6) is 0 Å². The molecule has 1 aromatic rings. The number of rotatable bonds is 5. The molecule has 2 rings (SSSR count). The molecule has 0 atom stereocenters. The number of anilines is 1. The number of aromatic nitrogens is 1. The number of pyridine rings is 1. The van der Waals surface area contributed by atoms with Crippen molar-refractivity contribution in [3.63, 3.8) is 0 Å². The quantitative estimate of drug-likeness (QED) is 0.875. The van der Waals surface area contributed by atoms with Crippen molar-refractivity contribution in [2.75, 3.05) is 11.9 Å². The van der Waals surface area contributed by atoms with Crippen molar-refractivity contribution in [2.45, 2.75) is 37.9 Å². The predicted octanol–water partition coefficient (Wildman–Crippen LogP) is 2.73. The van der Waals surface area contributed by atoms with Gasteiger partial charge < -0.3 is 10.6 Å². The van der Waals surface area contributed by atoms with E-state index < -0.39 is 17.6 Å². The van der Waals surface area contributed by atoms with E-state index in [1.165, 1.54) is 12.3 Å². The third kappa shape index (κ3) is 3.02. The highest BCUT2D eigenvalue weighted by atomic mass is 19.4. The van der Waals surface area contributed by atoms with E-state index in [1.807, 2.05) is 6.92 Å². The van der Waals surface area contributed by atoms with Gasteiger partial charge in [0.25, 0.3) is 5.91 Å². The summed E-state index contributed by atoms with van der Waals surface area (Å²) >= 11 is 0. The molecular formula is C13H16F3N3O. The van der Waals surface area contributed by atoms with Crippen LogP contribution in [-0.4, -0.2) is 29.2 Å². The number of alkyl halides is 3. The molecule has 7 heteroatoms. The van der Waals surface area contributed by atoms with Crippen molar-refractivity contribution < 1.29 is 18.0 Å². The van der Waals surface area contributed by atoms with Crippen LogP contribution in [0.25, 0.3) is 0 Å². The lowest BCUT2D eigenvalue weighted by molar-refractivity contribution is -0.163. The third-order valence-corrected chi connectivity index (χ3v) is 3.23. The maximum absolute atomic E-state index is 12.7. The normalized spacial score (nSPS) is 16.6. The molecule has 0 aromatic carbocycles. The van der Waals surface area contributed by atoms with E-state index >= 15 is 0 Å². The summed E-state index contributed by atoms with van der Waals surface area (Å²) in [6.07, 6.45) is -2.33. The fourth-order valence-corrected chi connectivity index (χ4v) is 1.78. The van der Waals surface area contributed by atoms with E-state index in [2.05, 4.69) is 15.6 Å². The molecule has 0 bridgehead atoms. The topological polar surface area (TPSA) is 54.0 Å². The molecule has 1 aromatic heterocycles. The van der Waals surface area contributed by atoms with Crippen LogP contribution in [0.2, 0.25) is 0 Å². The molecule has 0 unspecified atom stereocenters. The van der Waals surface area contributed by atoms with Gasteiger partial charge in [0, 0.05) is 12.7 Å². The van der Waals surface area contributed by atoms with Crippen LogP contribution in [0, 0.1) is 0 Å². The number of nitrogens with zero attached hydrogens (tertiary/aromatic N) is 1. The fraction of sp³-hybridized carbons (Fsp3) is 0.538. The Balaban J connectivity index is 2.00. The molecule has 1 fully saturated rings. The number of amides is 1. The summed E-state index contributed by atoms with van der Waals surface area (Å²) in [5.74, 6) is -0.144. The van der Waals surface area contributed by atoms with Gasteiger partial charge in [0.05, 0.1) is 5.56 Å². The molecule has 1 saturated carbocycles. The molecule has 0 aliphatic heterocycles. The minimum Gasteiger partial charge on any atom is -0.370 e. The molecule has 1 amide bonds. The maximum Gasteiger partial charge on any atom is 0.411 e. The molecule has 1 aliphatic rings. The Bertz CT molecular complexity index is 481. The van der Waals surface area contributed by atoms with Crippen molar-refractivity contribution >= 4 is 11.7 Å². The number of carbonyl (C=O) groups is 1. The van der Waals surface area contributed by atoms with Gasteiger partial charge in [0.15, 0.2) is 0 Å². The molecule has 1 aliphatic carbocycles. The lowest BCUT2D eigenvalue weighted by atomic mass is 10.2. The van der Waals surface area contributed by atoms with Crippen LogP contribution in [0.3, 0.4) is 0 Å². The summed E-state index contributed by atoms with van der Waals surface area (Å²) in [4.78, 5) is 15.8. The average Bonchev–Trinajstić information content (AvgIpc) is 3.17. The van der Waals surface area contributed by atoms with Crippen LogP contribution in [0.15, 0.2) is 18.3 Å². The highest BCUT2D eigenvalue weighted by molar-refractivity contribution is 5.94. The van der Waals surface area contributed by atoms with Crippen LogP contribution < -0.4 is 10.6 Å². The van der Waals surface area contributed by atoms with Crippen molar-refractivity contribution in [3.05, 3.63) is 23.9 Å². The molecule has 0 spiro atoms. The molecule has 20 heavy (non-hydrogen) atoms. The van der Waals surface area contributed by atoms with Gasteiger partial charge >= 0.3 is 6.18 Å². The first-order valence-corrected chi connectivity index (χ1v) is 6.47. The zero-order chi connectivity index (χ0) is 14.8. The van der Waals surface area contributed by atoms with Crippen molar-refractivity contribution in [2.24, 2.45) is 0 Å². The standard InChI is InChI=1S/C13H16F3N3O/c1-2-7-17-10-4-3-9(8-18-10)11(20)19-12(5-6-12)13(14,15)16/h3-4,8H,2,5-7H2,1H3,(H,17,18)(H,19,20). The second-order valence-electron chi connectivity index (χ2n) is 4.89. The van der Waals surface area contributed by atoms with Crippen molar-refractivity contribution in [1.82, 2.24) is 10.3 Å². The molecule has 4 nitrogen and oxygen atoms in total. The molecule has 1 heterocycles. The van der Waals surface area contributed by atoms with E-state index in [9.17, 15) is 18.0 Å². The minimum absolute atomic E-state index is 0.0637. The third-order valence-electron chi connectivity index (χ3n) is 3.23. The Morgan fingerprint density at radius 2 is 2.10 bits per heavy atom. The largest absolute Gasteiger partial charge is 0.411 e. The Hall–Kier alpha value is -1.79. The average molecular weight is 287 g/mol. The summed E-state index contributed by atoms with van der Waals surface area (Å²) in [7, 11) is 0. The monoisotopic (exact) mass is 287 g/mol. The number of hydrogen-bond acceptors (Lipinski definition) is 3. The second-order valence-corrected chi connectivity index (χ2v) is 4.89.